The smallest absolute Gasteiger partial charge is 0.318 e. The van der Waals surface area contributed by atoms with Gasteiger partial charge >= 0.3 is 5.97 Å². The van der Waals surface area contributed by atoms with Crippen LogP contribution in [0.3, 0.4) is 0 Å². The first kappa shape index (κ1) is 15.6. The molecule has 0 aliphatic rings. The number of sulfonamides is 1. The lowest BCUT2D eigenvalue weighted by Crippen LogP contribution is -2.35. The maximum absolute atomic E-state index is 13.1. The van der Waals surface area contributed by atoms with Gasteiger partial charge in [-0.25, -0.2) is 12.8 Å². The van der Waals surface area contributed by atoms with E-state index in [4.69, 9.17) is 5.11 Å². The topological polar surface area (TPSA) is 74.7 Å². The number of rotatable bonds is 6. The largest absolute Gasteiger partial charge is 0.480 e. The van der Waals surface area contributed by atoms with E-state index in [1.807, 2.05) is 0 Å². The van der Waals surface area contributed by atoms with E-state index >= 15 is 0 Å². The summed E-state index contributed by atoms with van der Waals surface area (Å²) in [5, 5.41) is 9.28. The van der Waals surface area contributed by atoms with Crippen molar-refractivity contribution in [3.05, 3.63) is 42.7 Å². The molecule has 0 spiro atoms. The van der Waals surface area contributed by atoms with Crippen LogP contribution in [0.15, 0.2) is 41.1 Å². The molecule has 0 amide bonds. The van der Waals surface area contributed by atoms with E-state index in [2.05, 4.69) is 6.58 Å². The van der Waals surface area contributed by atoms with Gasteiger partial charge in [0, 0.05) is 11.2 Å². The summed E-state index contributed by atoms with van der Waals surface area (Å²) in [6.45, 7) is 2.65. The molecule has 0 aliphatic carbocycles. The molecule has 112 valence electrons. The SMILES string of the molecule is C=CCN(CC(=O)O)S(=O)(=O)c1cc2cc(F)ccc2s1. The van der Waals surface area contributed by atoms with E-state index in [1.165, 1.54) is 30.3 Å². The van der Waals surface area contributed by atoms with Crippen molar-refractivity contribution in [3.63, 3.8) is 0 Å². The third-order valence-electron chi connectivity index (χ3n) is 2.69. The number of aliphatic carboxylic acids is 1. The average molecular weight is 329 g/mol. The molecule has 1 aromatic heterocycles. The number of benzene rings is 1. The first-order chi connectivity index (χ1) is 9.84. The quantitative estimate of drug-likeness (QED) is 0.825. The zero-order valence-electron chi connectivity index (χ0n) is 10.8. The van der Waals surface area contributed by atoms with Crippen LogP contribution in [0.1, 0.15) is 0 Å². The van der Waals surface area contributed by atoms with Gasteiger partial charge in [-0.1, -0.05) is 6.08 Å². The monoisotopic (exact) mass is 329 g/mol. The van der Waals surface area contributed by atoms with Crippen molar-refractivity contribution in [1.82, 2.24) is 4.31 Å². The molecule has 0 saturated carbocycles. The minimum atomic E-state index is -3.96. The second kappa shape index (κ2) is 5.92. The second-order valence-corrected chi connectivity index (χ2v) is 7.48. The second-order valence-electron chi connectivity index (χ2n) is 4.23. The maximum Gasteiger partial charge on any atom is 0.318 e. The molecule has 1 N–H and O–H groups in total. The van der Waals surface area contributed by atoms with Crippen molar-refractivity contribution < 1.29 is 22.7 Å². The molecule has 8 heteroatoms. The number of carbonyl (C=O) groups is 1. The van der Waals surface area contributed by atoms with Crippen molar-refractivity contribution >= 4 is 37.4 Å². The molecule has 0 unspecified atom stereocenters. The first-order valence-electron chi connectivity index (χ1n) is 5.86. The summed E-state index contributed by atoms with van der Waals surface area (Å²) in [6.07, 6.45) is 1.31. The van der Waals surface area contributed by atoms with Crippen LogP contribution in [0.25, 0.3) is 10.1 Å². The van der Waals surface area contributed by atoms with E-state index in [1.54, 1.807) is 0 Å². The van der Waals surface area contributed by atoms with E-state index in [-0.39, 0.29) is 10.8 Å². The average Bonchev–Trinajstić information content (AvgIpc) is 2.81. The Hall–Kier alpha value is -1.77. The van der Waals surface area contributed by atoms with Gasteiger partial charge in [0.1, 0.15) is 16.6 Å². The fourth-order valence-electron chi connectivity index (χ4n) is 1.79. The predicted molar refractivity (Wildman–Crippen MR) is 78.4 cm³/mol. The van der Waals surface area contributed by atoms with Gasteiger partial charge in [-0.15, -0.1) is 17.9 Å². The highest BCUT2D eigenvalue weighted by atomic mass is 32.2. The molecular weight excluding hydrogens is 317 g/mol. The number of nitrogens with zero attached hydrogens (tertiary/aromatic N) is 1. The van der Waals surface area contributed by atoms with E-state index in [0.29, 0.717) is 10.1 Å². The molecule has 1 aromatic carbocycles. The highest BCUT2D eigenvalue weighted by Gasteiger charge is 2.27. The number of thiophene rings is 1. The molecule has 0 saturated heterocycles. The summed E-state index contributed by atoms with van der Waals surface area (Å²) < 4.78 is 39.4. The predicted octanol–water partition coefficient (Wildman–Crippen LogP) is 2.30. The van der Waals surface area contributed by atoms with Gasteiger partial charge in [0.25, 0.3) is 10.0 Å². The van der Waals surface area contributed by atoms with Crippen molar-refractivity contribution in [2.24, 2.45) is 0 Å². The lowest BCUT2D eigenvalue weighted by atomic mass is 10.3. The van der Waals surface area contributed by atoms with Gasteiger partial charge in [0.2, 0.25) is 0 Å². The Morgan fingerprint density at radius 3 is 2.76 bits per heavy atom. The minimum absolute atomic E-state index is 0.0220. The van der Waals surface area contributed by atoms with Crippen LogP contribution in [0, 0.1) is 5.82 Å². The lowest BCUT2D eigenvalue weighted by Gasteiger charge is -2.17. The number of fused-ring (bicyclic) bond motifs is 1. The standard InChI is InChI=1S/C13H12FNO4S2/c1-2-5-15(8-12(16)17)21(18,19)13-7-9-6-10(14)3-4-11(9)20-13/h2-4,6-7H,1,5,8H2,(H,16,17). The van der Waals surface area contributed by atoms with Crippen LogP contribution >= 0.6 is 11.3 Å². The summed E-state index contributed by atoms with van der Waals surface area (Å²) in [4.78, 5) is 10.8. The number of carboxylic acids is 1. The van der Waals surface area contributed by atoms with Crippen LogP contribution in [0.4, 0.5) is 4.39 Å². The Kier molecular flexibility index (Phi) is 4.40. The minimum Gasteiger partial charge on any atom is -0.480 e. The molecule has 0 bridgehead atoms. The van der Waals surface area contributed by atoms with Crippen LogP contribution in [0.5, 0.6) is 0 Å². The number of carboxylic acid groups (broad SMARTS) is 1. The van der Waals surface area contributed by atoms with Crippen LogP contribution in [-0.2, 0) is 14.8 Å². The maximum atomic E-state index is 13.1. The highest BCUT2D eigenvalue weighted by molar-refractivity contribution is 7.91. The third-order valence-corrected chi connectivity index (χ3v) is 6.07. The molecular formula is C13H12FNO4S2. The Bertz CT molecular complexity index is 798. The van der Waals surface area contributed by atoms with Crippen molar-refractivity contribution in [2.45, 2.75) is 4.21 Å². The summed E-state index contributed by atoms with van der Waals surface area (Å²) in [7, 11) is -3.96. The summed E-state index contributed by atoms with van der Waals surface area (Å²) in [6, 6.07) is 5.31. The highest BCUT2D eigenvalue weighted by Crippen LogP contribution is 2.31. The fourth-order valence-corrected chi connectivity index (χ4v) is 4.68. The molecule has 0 aliphatic heterocycles. The molecule has 0 atom stereocenters. The Labute approximate surface area is 125 Å². The Morgan fingerprint density at radius 2 is 2.14 bits per heavy atom. The first-order valence-corrected chi connectivity index (χ1v) is 8.12. The van der Waals surface area contributed by atoms with Gasteiger partial charge < -0.3 is 5.11 Å². The van der Waals surface area contributed by atoms with Gasteiger partial charge in [-0.2, -0.15) is 4.31 Å². The Morgan fingerprint density at radius 1 is 1.43 bits per heavy atom. The zero-order valence-corrected chi connectivity index (χ0v) is 12.5. The summed E-state index contributed by atoms with van der Waals surface area (Å²) >= 11 is 0.971. The number of hydrogen-bond acceptors (Lipinski definition) is 4. The van der Waals surface area contributed by atoms with Gasteiger partial charge in [0.05, 0.1) is 0 Å². The number of hydrogen-bond donors (Lipinski definition) is 1. The molecule has 21 heavy (non-hydrogen) atoms. The summed E-state index contributed by atoms with van der Waals surface area (Å²) in [5.41, 5.74) is 0. The third kappa shape index (κ3) is 3.29. The molecule has 5 nitrogen and oxygen atoms in total. The van der Waals surface area contributed by atoms with E-state index < -0.39 is 28.4 Å². The molecule has 0 radical (unpaired) electrons. The molecule has 1 heterocycles. The van der Waals surface area contributed by atoms with Crippen LogP contribution in [-0.4, -0.2) is 36.9 Å². The molecule has 2 rings (SSSR count). The molecule has 2 aromatic rings. The van der Waals surface area contributed by atoms with Gasteiger partial charge in [-0.05, 0) is 29.7 Å². The Balaban J connectivity index is 2.48. The normalized spacial score (nSPS) is 11.9. The van der Waals surface area contributed by atoms with Gasteiger partial charge in [-0.3, -0.25) is 4.79 Å². The van der Waals surface area contributed by atoms with E-state index in [0.717, 1.165) is 15.6 Å². The lowest BCUT2D eigenvalue weighted by molar-refractivity contribution is -0.137. The van der Waals surface area contributed by atoms with Crippen molar-refractivity contribution in [2.75, 3.05) is 13.1 Å². The zero-order chi connectivity index (χ0) is 15.6. The van der Waals surface area contributed by atoms with Crippen molar-refractivity contribution in [1.29, 1.82) is 0 Å². The van der Waals surface area contributed by atoms with Crippen LogP contribution < -0.4 is 0 Å². The fraction of sp³-hybridized carbons (Fsp3) is 0.154. The number of halogens is 1. The van der Waals surface area contributed by atoms with Crippen LogP contribution in [0.2, 0.25) is 0 Å². The van der Waals surface area contributed by atoms with Gasteiger partial charge in [0.15, 0.2) is 0 Å². The van der Waals surface area contributed by atoms with Crippen molar-refractivity contribution in [3.8, 4) is 0 Å². The van der Waals surface area contributed by atoms with E-state index in [9.17, 15) is 17.6 Å². The molecule has 0 fully saturated rings. The summed E-state index contributed by atoms with van der Waals surface area (Å²) in [5.74, 6) is -1.72.